The normalized spacial score (nSPS) is 12.8. The quantitative estimate of drug-likeness (QED) is 0.701. The summed E-state index contributed by atoms with van der Waals surface area (Å²) in [5, 5.41) is 9.60. The molecule has 0 aromatic heterocycles. The molecule has 0 aliphatic carbocycles. The van der Waals surface area contributed by atoms with Gasteiger partial charge in [-0.15, -0.1) is 0 Å². The molecule has 2 nitrogen and oxygen atoms in total. The van der Waals surface area contributed by atoms with Gasteiger partial charge in [-0.1, -0.05) is 25.1 Å². The molecule has 2 aromatic rings. The van der Waals surface area contributed by atoms with Crippen molar-refractivity contribution >= 4 is 0 Å². The summed E-state index contributed by atoms with van der Waals surface area (Å²) in [6, 6.07) is 10.7. The van der Waals surface area contributed by atoms with Gasteiger partial charge in [0.05, 0.1) is 12.7 Å². The Morgan fingerprint density at radius 3 is 2.08 bits per heavy atom. The average molecular weight is 352 g/mol. The van der Waals surface area contributed by atoms with E-state index in [1.165, 1.54) is 7.11 Å². The van der Waals surface area contributed by atoms with Gasteiger partial charge in [-0.3, -0.25) is 0 Å². The molecule has 0 aliphatic heterocycles. The maximum Gasteiger partial charge on any atom is 0.416 e. The lowest BCUT2D eigenvalue weighted by molar-refractivity contribution is -0.137. The van der Waals surface area contributed by atoms with Gasteiger partial charge >= 0.3 is 6.18 Å². The fourth-order valence-corrected chi connectivity index (χ4v) is 2.71. The third-order valence-corrected chi connectivity index (χ3v) is 4.38. The third-order valence-electron chi connectivity index (χ3n) is 4.38. The molecule has 0 heterocycles. The Morgan fingerprint density at radius 1 is 0.960 bits per heavy atom. The zero-order valence-electron chi connectivity index (χ0n) is 14.4. The van der Waals surface area contributed by atoms with Crippen molar-refractivity contribution in [3.05, 3.63) is 59.2 Å². The number of aromatic hydroxyl groups is 1. The predicted octanol–water partition coefficient (Wildman–Crippen LogP) is 5.62. The molecule has 2 aromatic carbocycles. The summed E-state index contributed by atoms with van der Waals surface area (Å²) in [5.41, 5.74) is 1.41. The molecule has 0 bridgehead atoms. The Labute approximate surface area is 146 Å². The van der Waals surface area contributed by atoms with Crippen LogP contribution in [0.15, 0.2) is 42.5 Å². The van der Waals surface area contributed by atoms with Crippen LogP contribution in [0.25, 0.3) is 0 Å². The Kier molecular flexibility index (Phi) is 6.34. The number of ether oxygens (including phenoxy) is 1. The van der Waals surface area contributed by atoms with Crippen LogP contribution in [0, 0.1) is 5.92 Å². The molecule has 1 unspecified atom stereocenters. The number of phenols is 1. The van der Waals surface area contributed by atoms with Crippen LogP contribution in [0.5, 0.6) is 11.5 Å². The smallest absolute Gasteiger partial charge is 0.416 e. The minimum Gasteiger partial charge on any atom is -0.504 e. The van der Waals surface area contributed by atoms with E-state index >= 15 is 0 Å². The number of hydrogen-bond donors (Lipinski definition) is 1. The Balaban J connectivity index is 1.81. The van der Waals surface area contributed by atoms with Crippen LogP contribution in [0.1, 0.15) is 36.5 Å². The lowest BCUT2D eigenvalue weighted by Crippen LogP contribution is -2.05. The van der Waals surface area contributed by atoms with E-state index < -0.39 is 11.7 Å². The molecule has 136 valence electrons. The number of hydrogen-bond acceptors (Lipinski definition) is 2. The molecule has 0 fully saturated rings. The summed E-state index contributed by atoms with van der Waals surface area (Å²) >= 11 is 0. The van der Waals surface area contributed by atoms with E-state index in [-0.39, 0.29) is 5.75 Å². The standard InChI is InChI=1S/C20H23F3O2/c1-14(4-6-16-9-12-18(24)19(13-16)25-2)3-5-15-7-10-17(11-8-15)20(21,22)23/h7-14,24H,3-6H2,1-2H3. The molecule has 0 aliphatic rings. The fourth-order valence-electron chi connectivity index (χ4n) is 2.71. The number of benzene rings is 2. The van der Waals surface area contributed by atoms with E-state index in [4.69, 9.17) is 4.74 Å². The molecule has 1 atom stereocenters. The topological polar surface area (TPSA) is 29.5 Å². The van der Waals surface area contributed by atoms with Gasteiger partial charge in [-0.2, -0.15) is 13.2 Å². The maximum absolute atomic E-state index is 12.5. The summed E-state index contributed by atoms with van der Waals surface area (Å²) < 4.78 is 42.8. The van der Waals surface area contributed by atoms with E-state index in [0.29, 0.717) is 11.7 Å². The Bertz CT molecular complexity index is 678. The molecule has 0 radical (unpaired) electrons. The summed E-state index contributed by atoms with van der Waals surface area (Å²) in [6.07, 6.45) is -0.769. The number of phenolic OH excluding ortho intramolecular Hbond substituents is 1. The van der Waals surface area contributed by atoms with Gasteiger partial charge in [0.15, 0.2) is 11.5 Å². The van der Waals surface area contributed by atoms with Crippen LogP contribution in [-0.4, -0.2) is 12.2 Å². The van der Waals surface area contributed by atoms with Crippen LogP contribution in [0.3, 0.4) is 0 Å². The van der Waals surface area contributed by atoms with E-state index in [0.717, 1.165) is 48.9 Å². The first kappa shape index (κ1) is 19.2. The summed E-state index contributed by atoms with van der Waals surface area (Å²) in [4.78, 5) is 0. The molecule has 0 amide bonds. The van der Waals surface area contributed by atoms with E-state index in [9.17, 15) is 18.3 Å². The Morgan fingerprint density at radius 2 is 1.52 bits per heavy atom. The summed E-state index contributed by atoms with van der Waals surface area (Å²) in [7, 11) is 1.52. The van der Waals surface area contributed by atoms with Gasteiger partial charge in [0.2, 0.25) is 0 Å². The average Bonchev–Trinajstić information content (AvgIpc) is 2.58. The van der Waals surface area contributed by atoms with Crippen LogP contribution in [0.2, 0.25) is 0 Å². The molecule has 5 heteroatoms. The zero-order chi connectivity index (χ0) is 18.4. The SMILES string of the molecule is COc1cc(CCC(C)CCc2ccc(C(F)(F)F)cc2)ccc1O. The first-order valence-electron chi connectivity index (χ1n) is 8.31. The van der Waals surface area contributed by atoms with E-state index in [1.54, 1.807) is 18.2 Å². The number of alkyl halides is 3. The highest BCUT2D eigenvalue weighted by molar-refractivity contribution is 5.41. The van der Waals surface area contributed by atoms with Crippen molar-refractivity contribution < 1.29 is 23.0 Å². The van der Waals surface area contributed by atoms with Gasteiger partial charge in [0.1, 0.15) is 0 Å². The van der Waals surface area contributed by atoms with Crippen LogP contribution < -0.4 is 4.74 Å². The number of halogens is 3. The highest BCUT2D eigenvalue weighted by atomic mass is 19.4. The predicted molar refractivity (Wildman–Crippen MR) is 91.9 cm³/mol. The third kappa shape index (κ3) is 5.69. The van der Waals surface area contributed by atoms with Crippen molar-refractivity contribution in [3.8, 4) is 11.5 Å². The van der Waals surface area contributed by atoms with Gasteiger partial charge in [0, 0.05) is 0 Å². The first-order chi connectivity index (χ1) is 11.8. The Hall–Kier alpha value is -2.17. The number of rotatable bonds is 7. The van der Waals surface area contributed by atoms with Gasteiger partial charge < -0.3 is 9.84 Å². The summed E-state index contributed by atoms with van der Waals surface area (Å²) in [6.45, 7) is 2.14. The highest BCUT2D eigenvalue weighted by Gasteiger charge is 2.29. The van der Waals surface area contributed by atoms with Crippen LogP contribution in [-0.2, 0) is 19.0 Å². The molecule has 1 N–H and O–H groups in total. The second kappa shape index (κ2) is 8.28. The zero-order valence-corrected chi connectivity index (χ0v) is 14.4. The van der Waals surface area contributed by atoms with Crippen molar-refractivity contribution in [1.29, 1.82) is 0 Å². The first-order valence-corrected chi connectivity index (χ1v) is 8.31. The van der Waals surface area contributed by atoms with Crippen molar-refractivity contribution in [2.45, 2.75) is 38.8 Å². The molecule has 0 saturated carbocycles. The fraction of sp³-hybridized carbons (Fsp3) is 0.400. The number of aryl methyl sites for hydroxylation is 2. The van der Waals surface area contributed by atoms with Crippen LogP contribution in [0.4, 0.5) is 13.2 Å². The minimum absolute atomic E-state index is 0.126. The van der Waals surface area contributed by atoms with Crippen molar-refractivity contribution in [2.24, 2.45) is 5.92 Å². The van der Waals surface area contributed by atoms with Gasteiger partial charge in [-0.25, -0.2) is 0 Å². The second-order valence-corrected chi connectivity index (χ2v) is 6.38. The molecule has 0 spiro atoms. The highest BCUT2D eigenvalue weighted by Crippen LogP contribution is 2.30. The van der Waals surface area contributed by atoms with Crippen molar-refractivity contribution in [2.75, 3.05) is 7.11 Å². The largest absolute Gasteiger partial charge is 0.504 e. The molecule has 25 heavy (non-hydrogen) atoms. The monoisotopic (exact) mass is 352 g/mol. The lowest BCUT2D eigenvalue weighted by Gasteiger charge is -2.13. The second-order valence-electron chi connectivity index (χ2n) is 6.38. The molecular formula is C20H23F3O2. The van der Waals surface area contributed by atoms with E-state index in [1.807, 2.05) is 12.1 Å². The van der Waals surface area contributed by atoms with Crippen molar-refractivity contribution in [1.82, 2.24) is 0 Å². The minimum atomic E-state index is -4.28. The van der Waals surface area contributed by atoms with Crippen molar-refractivity contribution in [3.63, 3.8) is 0 Å². The molecular weight excluding hydrogens is 329 g/mol. The maximum atomic E-state index is 12.5. The number of methoxy groups -OCH3 is 1. The van der Waals surface area contributed by atoms with Crippen LogP contribution >= 0.6 is 0 Å². The van der Waals surface area contributed by atoms with Gasteiger partial charge in [0.25, 0.3) is 0 Å². The molecule has 0 saturated heterocycles. The lowest BCUT2D eigenvalue weighted by atomic mass is 9.94. The molecule has 2 rings (SSSR count). The van der Waals surface area contributed by atoms with E-state index in [2.05, 4.69) is 6.92 Å². The summed E-state index contributed by atoms with van der Waals surface area (Å²) in [5.74, 6) is 1.04. The van der Waals surface area contributed by atoms with Gasteiger partial charge in [-0.05, 0) is 67.0 Å².